The third-order valence-electron chi connectivity index (χ3n) is 4.56. The molecule has 0 aliphatic carbocycles. The number of carbonyl (C=O) groups is 2. The van der Waals surface area contributed by atoms with Crippen LogP contribution in [0, 0.1) is 5.92 Å². The number of anilines is 1. The molecule has 0 unspecified atom stereocenters. The lowest BCUT2D eigenvalue weighted by Gasteiger charge is -2.38. The number of carbonyl (C=O) groups excluding carboxylic acids is 2. The molecule has 0 spiro atoms. The van der Waals surface area contributed by atoms with Crippen LogP contribution in [-0.4, -0.2) is 49.1 Å². The highest BCUT2D eigenvalue weighted by atomic mass is 35.5. The predicted octanol–water partition coefficient (Wildman–Crippen LogP) is 2.07. The lowest BCUT2D eigenvalue weighted by molar-refractivity contribution is -0.134. The van der Waals surface area contributed by atoms with E-state index in [1.807, 2.05) is 38.1 Å². The van der Waals surface area contributed by atoms with Crippen LogP contribution in [-0.2, 0) is 4.79 Å². The number of halogens is 1. The first-order valence-corrected chi connectivity index (χ1v) is 8.66. The Morgan fingerprint density at radius 3 is 2.42 bits per heavy atom. The number of hydrogen-bond acceptors (Lipinski definition) is 3. The smallest absolute Gasteiger partial charge is 0.312 e. The van der Waals surface area contributed by atoms with E-state index in [9.17, 15) is 9.59 Å². The fourth-order valence-electron chi connectivity index (χ4n) is 2.91. The Hall–Kier alpha value is -1.95. The Bertz CT molecular complexity index is 588. The van der Waals surface area contributed by atoms with Crippen molar-refractivity contribution >= 4 is 29.2 Å². The van der Waals surface area contributed by atoms with Crippen molar-refractivity contribution < 1.29 is 9.59 Å². The Morgan fingerprint density at radius 1 is 1.25 bits per heavy atom. The maximum absolute atomic E-state index is 12.8. The van der Waals surface area contributed by atoms with Crippen LogP contribution >= 0.6 is 11.6 Å². The third kappa shape index (κ3) is 4.32. The molecule has 1 aliphatic rings. The van der Waals surface area contributed by atoms with Crippen LogP contribution in [0.3, 0.4) is 0 Å². The molecule has 1 saturated heterocycles. The van der Waals surface area contributed by atoms with Gasteiger partial charge in [-0.2, -0.15) is 0 Å². The number of para-hydroxylation sites is 1. The Labute approximate surface area is 147 Å². The maximum Gasteiger partial charge on any atom is 0.312 e. The normalized spacial score (nSPS) is 17.3. The molecule has 6 nitrogen and oxygen atoms in total. The lowest BCUT2D eigenvalue weighted by atomic mass is 9.97. The zero-order valence-electron chi connectivity index (χ0n) is 14.2. The van der Waals surface area contributed by atoms with Gasteiger partial charge in [-0.1, -0.05) is 44.0 Å². The summed E-state index contributed by atoms with van der Waals surface area (Å²) < 4.78 is 0. The first kappa shape index (κ1) is 18.4. The average Bonchev–Trinajstić information content (AvgIpc) is 2.59. The molecule has 3 N–H and O–H groups in total. The minimum absolute atomic E-state index is 0.0339. The topological polar surface area (TPSA) is 78.7 Å². The second kappa shape index (κ2) is 8.24. The first-order valence-electron chi connectivity index (χ1n) is 8.28. The minimum Gasteiger partial charge on any atom is -0.367 e. The summed E-state index contributed by atoms with van der Waals surface area (Å²) >= 11 is 6.24. The van der Waals surface area contributed by atoms with Gasteiger partial charge in [-0.3, -0.25) is 4.79 Å². The van der Waals surface area contributed by atoms with Crippen LogP contribution in [0.15, 0.2) is 24.3 Å². The summed E-state index contributed by atoms with van der Waals surface area (Å²) in [4.78, 5) is 27.9. The molecule has 0 radical (unpaired) electrons. The minimum atomic E-state index is -0.664. The molecule has 24 heavy (non-hydrogen) atoms. The highest BCUT2D eigenvalue weighted by Crippen LogP contribution is 2.26. The molecule has 1 aliphatic heterocycles. The molecule has 2 rings (SSSR count). The molecule has 0 saturated carbocycles. The van der Waals surface area contributed by atoms with Gasteiger partial charge in [0.2, 0.25) is 5.91 Å². The summed E-state index contributed by atoms with van der Waals surface area (Å²) in [5, 5.41) is 3.31. The zero-order chi connectivity index (χ0) is 17.7. The van der Waals surface area contributed by atoms with Crippen molar-refractivity contribution in [1.82, 2.24) is 10.2 Å². The number of nitrogens with one attached hydrogen (secondary N) is 1. The molecule has 3 amide bonds. The van der Waals surface area contributed by atoms with Gasteiger partial charge >= 0.3 is 6.03 Å². The SMILES string of the molecule is CC[C@@H](C)[C@H](NC(N)=O)C(=O)N1CCN(c2ccccc2Cl)CC1. The molecule has 1 aromatic carbocycles. The second-order valence-electron chi connectivity index (χ2n) is 6.14. The van der Waals surface area contributed by atoms with Crippen molar-refractivity contribution in [3.8, 4) is 0 Å². The van der Waals surface area contributed by atoms with E-state index >= 15 is 0 Å². The van der Waals surface area contributed by atoms with Gasteiger partial charge in [-0.05, 0) is 18.1 Å². The van der Waals surface area contributed by atoms with E-state index in [0.29, 0.717) is 31.2 Å². The van der Waals surface area contributed by atoms with Gasteiger partial charge < -0.3 is 20.9 Å². The molecule has 7 heteroatoms. The molecular formula is C17H25ClN4O2. The molecule has 0 bridgehead atoms. The van der Waals surface area contributed by atoms with Crippen LogP contribution in [0.25, 0.3) is 0 Å². The number of primary amides is 1. The van der Waals surface area contributed by atoms with E-state index in [-0.39, 0.29) is 11.8 Å². The van der Waals surface area contributed by atoms with Gasteiger partial charge in [-0.25, -0.2) is 4.79 Å². The number of urea groups is 1. The fourth-order valence-corrected chi connectivity index (χ4v) is 3.16. The lowest BCUT2D eigenvalue weighted by Crippen LogP contribution is -2.57. The molecule has 1 aromatic rings. The number of hydrogen-bond donors (Lipinski definition) is 2. The quantitative estimate of drug-likeness (QED) is 0.851. The number of amides is 3. The standard InChI is InChI=1S/C17H25ClN4O2/c1-3-12(2)15(20-17(19)24)16(23)22-10-8-21(9-11-22)14-7-5-4-6-13(14)18/h4-7,12,15H,3,8-11H2,1-2H3,(H3,19,20,24)/t12-,15+/m1/s1. The number of rotatable bonds is 5. The van der Waals surface area contributed by atoms with Crippen LogP contribution in [0.2, 0.25) is 5.02 Å². The largest absolute Gasteiger partial charge is 0.367 e. The number of benzene rings is 1. The molecule has 1 heterocycles. The van der Waals surface area contributed by atoms with E-state index in [1.54, 1.807) is 4.90 Å². The second-order valence-corrected chi connectivity index (χ2v) is 6.54. The highest BCUT2D eigenvalue weighted by molar-refractivity contribution is 6.33. The Balaban J connectivity index is 2.01. The average molecular weight is 353 g/mol. The predicted molar refractivity (Wildman–Crippen MR) is 96.2 cm³/mol. The Morgan fingerprint density at radius 2 is 1.88 bits per heavy atom. The van der Waals surface area contributed by atoms with Crippen molar-refractivity contribution in [2.24, 2.45) is 11.7 Å². The molecule has 1 fully saturated rings. The van der Waals surface area contributed by atoms with Gasteiger partial charge in [-0.15, -0.1) is 0 Å². The van der Waals surface area contributed by atoms with E-state index in [0.717, 1.165) is 12.1 Å². The Kier molecular flexibility index (Phi) is 6.31. The van der Waals surface area contributed by atoms with E-state index < -0.39 is 12.1 Å². The monoisotopic (exact) mass is 352 g/mol. The number of nitrogens with zero attached hydrogens (tertiary/aromatic N) is 2. The molecule has 2 atom stereocenters. The van der Waals surface area contributed by atoms with Crippen molar-refractivity contribution in [1.29, 1.82) is 0 Å². The van der Waals surface area contributed by atoms with Crippen LogP contribution in [0.5, 0.6) is 0 Å². The third-order valence-corrected chi connectivity index (χ3v) is 4.88. The van der Waals surface area contributed by atoms with Crippen molar-refractivity contribution in [2.45, 2.75) is 26.3 Å². The summed E-state index contributed by atoms with van der Waals surface area (Å²) in [6.45, 7) is 6.54. The maximum atomic E-state index is 12.8. The number of piperazine rings is 1. The van der Waals surface area contributed by atoms with Crippen LogP contribution in [0.4, 0.5) is 10.5 Å². The van der Waals surface area contributed by atoms with Crippen LogP contribution in [0.1, 0.15) is 20.3 Å². The summed E-state index contributed by atoms with van der Waals surface area (Å²) in [7, 11) is 0. The summed E-state index contributed by atoms with van der Waals surface area (Å²) in [6, 6.07) is 6.47. The van der Waals surface area contributed by atoms with Gasteiger partial charge in [0.05, 0.1) is 10.7 Å². The summed E-state index contributed by atoms with van der Waals surface area (Å²) in [5.74, 6) is -0.0337. The van der Waals surface area contributed by atoms with Crippen LogP contribution < -0.4 is 16.0 Å². The summed E-state index contributed by atoms with van der Waals surface area (Å²) in [5.41, 5.74) is 6.21. The number of nitrogens with two attached hydrogens (primary N) is 1. The van der Waals surface area contributed by atoms with Crippen molar-refractivity contribution in [3.05, 3.63) is 29.3 Å². The summed E-state index contributed by atoms with van der Waals surface area (Å²) in [6.07, 6.45) is 0.788. The molecule has 0 aromatic heterocycles. The zero-order valence-corrected chi connectivity index (χ0v) is 14.9. The van der Waals surface area contributed by atoms with Gasteiger partial charge in [0, 0.05) is 26.2 Å². The van der Waals surface area contributed by atoms with Gasteiger partial charge in [0.1, 0.15) is 6.04 Å². The molecule has 132 valence electrons. The van der Waals surface area contributed by atoms with E-state index in [1.165, 1.54) is 0 Å². The van der Waals surface area contributed by atoms with Crippen molar-refractivity contribution in [3.63, 3.8) is 0 Å². The van der Waals surface area contributed by atoms with Gasteiger partial charge in [0.25, 0.3) is 0 Å². The molecular weight excluding hydrogens is 328 g/mol. The van der Waals surface area contributed by atoms with Crippen molar-refractivity contribution in [2.75, 3.05) is 31.1 Å². The van der Waals surface area contributed by atoms with E-state index in [4.69, 9.17) is 17.3 Å². The highest BCUT2D eigenvalue weighted by Gasteiger charge is 2.31. The first-order chi connectivity index (χ1) is 11.4. The fraction of sp³-hybridized carbons (Fsp3) is 0.529. The van der Waals surface area contributed by atoms with Gasteiger partial charge in [0.15, 0.2) is 0 Å². The van der Waals surface area contributed by atoms with E-state index in [2.05, 4.69) is 10.2 Å².